The van der Waals surface area contributed by atoms with E-state index in [2.05, 4.69) is 16.7 Å². The molecule has 1 aromatic carbocycles. The van der Waals surface area contributed by atoms with Gasteiger partial charge in [0.1, 0.15) is 17.6 Å². The Balaban J connectivity index is 2.27. The van der Waals surface area contributed by atoms with Gasteiger partial charge >= 0.3 is 0 Å². The SMILES string of the molecule is CCN(CC(=O)Nc1c(C#N)c(C)c(C)n1-c1ccc(OC)cc1)CC(=O)NC(C)(C)C. The molecule has 0 aliphatic heterocycles. The van der Waals surface area contributed by atoms with Crippen LogP contribution in [0, 0.1) is 25.2 Å². The van der Waals surface area contributed by atoms with Crippen LogP contribution in [0.3, 0.4) is 0 Å². The number of benzene rings is 1. The highest BCUT2D eigenvalue weighted by atomic mass is 16.5. The van der Waals surface area contributed by atoms with Gasteiger partial charge in [-0.1, -0.05) is 6.92 Å². The molecule has 0 unspecified atom stereocenters. The number of amides is 2. The van der Waals surface area contributed by atoms with Gasteiger partial charge in [0.05, 0.1) is 25.8 Å². The van der Waals surface area contributed by atoms with E-state index in [9.17, 15) is 14.9 Å². The van der Waals surface area contributed by atoms with Crippen LogP contribution in [-0.2, 0) is 9.59 Å². The molecule has 0 saturated carbocycles. The lowest BCUT2D eigenvalue weighted by Gasteiger charge is -2.24. The van der Waals surface area contributed by atoms with E-state index in [1.807, 2.05) is 70.4 Å². The number of hydrogen-bond donors (Lipinski definition) is 2. The van der Waals surface area contributed by atoms with Crippen LogP contribution in [0.25, 0.3) is 5.69 Å². The summed E-state index contributed by atoms with van der Waals surface area (Å²) in [5.74, 6) is 0.707. The van der Waals surface area contributed by atoms with Gasteiger partial charge in [-0.15, -0.1) is 0 Å². The monoisotopic (exact) mass is 439 g/mol. The van der Waals surface area contributed by atoms with Crippen molar-refractivity contribution >= 4 is 17.6 Å². The summed E-state index contributed by atoms with van der Waals surface area (Å²) in [5.41, 5.74) is 2.55. The summed E-state index contributed by atoms with van der Waals surface area (Å²) < 4.78 is 7.08. The quantitative estimate of drug-likeness (QED) is 0.658. The number of anilines is 1. The summed E-state index contributed by atoms with van der Waals surface area (Å²) in [5, 5.41) is 15.5. The lowest BCUT2D eigenvalue weighted by atomic mass is 10.1. The van der Waals surface area contributed by atoms with E-state index in [0.717, 1.165) is 16.9 Å². The van der Waals surface area contributed by atoms with Gasteiger partial charge in [-0.25, -0.2) is 0 Å². The van der Waals surface area contributed by atoms with E-state index < -0.39 is 0 Å². The van der Waals surface area contributed by atoms with Crippen LogP contribution < -0.4 is 15.4 Å². The Morgan fingerprint density at radius 2 is 1.72 bits per heavy atom. The largest absolute Gasteiger partial charge is 0.497 e. The molecule has 8 heteroatoms. The predicted molar refractivity (Wildman–Crippen MR) is 125 cm³/mol. The molecule has 0 bridgehead atoms. The maximum atomic E-state index is 12.9. The highest BCUT2D eigenvalue weighted by Crippen LogP contribution is 2.30. The van der Waals surface area contributed by atoms with Crippen LogP contribution in [0.4, 0.5) is 5.82 Å². The van der Waals surface area contributed by atoms with Crippen LogP contribution >= 0.6 is 0 Å². The van der Waals surface area contributed by atoms with E-state index in [1.165, 1.54) is 0 Å². The average Bonchev–Trinajstić information content (AvgIpc) is 2.95. The smallest absolute Gasteiger partial charge is 0.239 e. The Hall–Kier alpha value is -3.31. The van der Waals surface area contributed by atoms with Gasteiger partial charge in [0.25, 0.3) is 0 Å². The Bertz CT molecular complexity index is 1010. The van der Waals surface area contributed by atoms with Crippen molar-refractivity contribution in [3.63, 3.8) is 0 Å². The van der Waals surface area contributed by atoms with Crippen molar-refractivity contribution in [2.24, 2.45) is 0 Å². The number of carbonyl (C=O) groups is 2. The summed E-state index contributed by atoms with van der Waals surface area (Å²) >= 11 is 0. The minimum absolute atomic E-state index is 0.0326. The normalized spacial score (nSPS) is 11.2. The fraction of sp³-hybridized carbons (Fsp3) is 0.458. The molecule has 0 radical (unpaired) electrons. The molecule has 0 spiro atoms. The molecule has 0 atom stereocenters. The van der Waals surface area contributed by atoms with Gasteiger partial charge in [-0.2, -0.15) is 5.26 Å². The highest BCUT2D eigenvalue weighted by molar-refractivity contribution is 5.94. The van der Waals surface area contributed by atoms with Gasteiger partial charge in [0.15, 0.2) is 0 Å². The molecule has 1 heterocycles. The minimum Gasteiger partial charge on any atom is -0.497 e. The minimum atomic E-state index is -0.339. The van der Waals surface area contributed by atoms with E-state index in [4.69, 9.17) is 4.74 Å². The van der Waals surface area contributed by atoms with Gasteiger partial charge < -0.3 is 15.4 Å². The molecule has 2 amide bonds. The van der Waals surface area contributed by atoms with Crippen LogP contribution in [0.15, 0.2) is 24.3 Å². The molecule has 0 fully saturated rings. The molecule has 32 heavy (non-hydrogen) atoms. The molecule has 2 rings (SSSR count). The molecule has 0 aliphatic carbocycles. The Morgan fingerprint density at radius 1 is 1.12 bits per heavy atom. The zero-order chi connectivity index (χ0) is 24.1. The van der Waals surface area contributed by atoms with Crippen molar-refractivity contribution < 1.29 is 14.3 Å². The standard InChI is InChI=1S/C24H33N5O3/c1-8-28(15-22(31)27-24(4,5)6)14-21(30)26-23-20(13-25)16(2)17(3)29(23)18-9-11-19(32-7)12-10-18/h9-12H,8,14-15H2,1-7H3,(H,26,30)(H,27,31). The summed E-state index contributed by atoms with van der Waals surface area (Å²) in [6.07, 6.45) is 0. The number of methoxy groups -OCH3 is 1. The number of likely N-dealkylation sites (N-methyl/N-ethyl adjacent to an activating group) is 1. The molecule has 172 valence electrons. The fourth-order valence-electron chi connectivity index (χ4n) is 3.43. The average molecular weight is 440 g/mol. The van der Waals surface area contributed by atoms with Gasteiger partial charge in [0, 0.05) is 16.9 Å². The lowest BCUT2D eigenvalue weighted by Crippen LogP contribution is -2.47. The van der Waals surface area contributed by atoms with Crippen LogP contribution in [0.2, 0.25) is 0 Å². The van der Waals surface area contributed by atoms with Crippen molar-refractivity contribution in [1.29, 1.82) is 5.26 Å². The fourth-order valence-corrected chi connectivity index (χ4v) is 3.43. The molecule has 8 nitrogen and oxygen atoms in total. The molecule has 2 aromatic rings. The Labute approximate surface area is 190 Å². The third-order valence-corrected chi connectivity index (χ3v) is 5.11. The number of rotatable bonds is 8. The Kier molecular flexibility index (Phi) is 8.06. The van der Waals surface area contributed by atoms with Crippen molar-refractivity contribution in [3.05, 3.63) is 41.1 Å². The van der Waals surface area contributed by atoms with E-state index in [-0.39, 0.29) is 30.4 Å². The van der Waals surface area contributed by atoms with Gasteiger partial charge in [0.2, 0.25) is 11.8 Å². The summed E-state index contributed by atoms with van der Waals surface area (Å²) in [6.45, 7) is 12.1. The maximum absolute atomic E-state index is 12.9. The number of nitriles is 1. The van der Waals surface area contributed by atoms with E-state index in [0.29, 0.717) is 23.7 Å². The molecular formula is C24H33N5O3. The number of carbonyl (C=O) groups excluding carboxylic acids is 2. The predicted octanol–water partition coefficient (Wildman–Crippen LogP) is 3.15. The number of hydrogen-bond acceptors (Lipinski definition) is 5. The second kappa shape index (κ2) is 10.3. The number of nitrogens with zero attached hydrogens (tertiary/aromatic N) is 3. The lowest BCUT2D eigenvalue weighted by molar-refractivity contribution is -0.124. The zero-order valence-electron chi connectivity index (χ0n) is 20.0. The second-order valence-corrected chi connectivity index (χ2v) is 8.73. The third kappa shape index (κ3) is 6.11. The maximum Gasteiger partial charge on any atom is 0.239 e. The molecular weight excluding hydrogens is 406 g/mol. The third-order valence-electron chi connectivity index (χ3n) is 5.11. The van der Waals surface area contributed by atoms with Gasteiger partial charge in [-0.05, 0) is 71.0 Å². The molecule has 0 saturated heterocycles. The number of aromatic nitrogens is 1. The molecule has 2 N–H and O–H groups in total. The second-order valence-electron chi connectivity index (χ2n) is 8.73. The van der Waals surface area contributed by atoms with Crippen molar-refractivity contribution in [1.82, 2.24) is 14.8 Å². The molecule has 0 aliphatic rings. The summed E-state index contributed by atoms with van der Waals surface area (Å²) in [6, 6.07) is 9.61. The summed E-state index contributed by atoms with van der Waals surface area (Å²) in [4.78, 5) is 26.9. The van der Waals surface area contributed by atoms with Crippen LogP contribution in [-0.4, -0.2) is 53.6 Å². The van der Waals surface area contributed by atoms with Crippen molar-refractivity contribution in [3.8, 4) is 17.5 Å². The highest BCUT2D eigenvalue weighted by Gasteiger charge is 2.22. The first kappa shape index (κ1) is 25.0. The van der Waals surface area contributed by atoms with Gasteiger partial charge in [-0.3, -0.25) is 19.1 Å². The zero-order valence-corrected chi connectivity index (χ0v) is 20.0. The van der Waals surface area contributed by atoms with E-state index >= 15 is 0 Å². The van der Waals surface area contributed by atoms with Crippen molar-refractivity contribution in [2.75, 3.05) is 32.1 Å². The Morgan fingerprint density at radius 3 is 2.22 bits per heavy atom. The number of ether oxygens (including phenoxy) is 1. The first-order chi connectivity index (χ1) is 15.0. The van der Waals surface area contributed by atoms with E-state index in [1.54, 1.807) is 12.0 Å². The first-order valence-corrected chi connectivity index (χ1v) is 10.6. The molecule has 1 aromatic heterocycles. The summed E-state index contributed by atoms with van der Waals surface area (Å²) in [7, 11) is 1.60. The van der Waals surface area contributed by atoms with Crippen LogP contribution in [0.1, 0.15) is 44.5 Å². The topological polar surface area (TPSA) is 99.4 Å². The van der Waals surface area contributed by atoms with Crippen LogP contribution in [0.5, 0.6) is 5.75 Å². The first-order valence-electron chi connectivity index (χ1n) is 10.6. The number of nitrogens with one attached hydrogen (secondary N) is 2. The van der Waals surface area contributed by atoms with Crippen molar-refractivity contribution in [2.45, 2.75) is 47.1 Å².